The van der Waals surface area contributed by atoms with Crippen molar-refractivity contribution in [2.75, 3.05) is 0 Å². The maximum Gasteiger partial charge on any atom is 0.0136 e. The first-order chi connectivity index (χ1) is 10.3. The van der Waals surface area contributed by atoms with E-state index in [0.717, 1.165) is 6.42 Å². The molecule has 3 aromatic rings. The molecule has 0 amide bonds. The fourth-order valence-electron chi connectivity index (χ4n) is 3.48. The van der Waals surface area contributed by atoms with E-state index in [-0.39, 0.29) is 0 Å². The molecule has 3 aromatic carbocycles. The third-order valence-corrected chi connectivity index (χ3v) is 4.52. The molecule has 1 unspecified atom stereocenters. The Morgan fingerprint density at radius 2 is 1.52 bits per heavy atom. The van der Waals surface area contributed by atoms with E-state index in [4.69, 9.17) is 0 Å². The first kappa shape index (κ1) is 12.4. The minimum Gasteiger partial charge on any atom is -0.0622 e. The smallest absolute Gasteiger partial charge is 0.0136 e. The third kappa shape index (κ3) is 2.08. The zero-order valence-corrected chi connectivity index (χ0v) is 12.2. The lowest BCUT2D eigenvalue weighted by Crippen LogP contribution is -2.12. The molecule has 4 rings (SSSR count). The second kappa shape index (κ2) is 4.89. The van der Waals surface area contributed by atoms with Crippen molar-refractivity contribution in [3.05, 3.63) is 95.1 Å². The second-order valence-electron chi connectivity index (χ2n) is 5.92. The van der Waals surface area contributed by atoms with Crippen LogP contribution in [-0.2, 0) is 6.42 Å². The topological polar surface area (TPSA) is 0 Å². The van der Waals surface area contributed by atoms with E-state index in [1.807, 2.05) is 0 Å². The van der Waals surface area contributed by atoms with Crippen molar-refractivity contribution in [2.24, 2.45) is 0 Å². The largest absolute Gasteiger partial charge is 0.0622 e. The summed E-state index contributed by atoms with van der Waals surface area (Å²) in [6, 6.07) is 26.6. The van der Waals surface area contributed by atoms with Crippen molar-refractivity contribution in [1.82, 2.24) is 0 Å². The molecule has 0 saturated heterocycles. The number of aryl methyl sites for hydroxylation is 1. The fraction of sp³-hybridized carbons (Fsp3) is 0.143. The van der Waals surface area contributed by atoms with Gasteiger partial charge in [-0.25, -0.2) is 0 Å². The second-order valence-corrected chi connectivity index (χ2v) is 5.92. The summed E-state index contributed by atoms with van der Waals surface area (Å²) in [5.74, 6) is 0.470. The number of fused-ring (bicyclic) bond motifs is 3. The molecule has 1 aliphatic carbocycles. The van der Waals surface area contributed by atoms with E-state index >= 15 is 0 Å². The van der Waals surface area contributed by atoms with Crippen LogP contribution in [0.2, 0.25) is 0 Å². The summed E-state index contributed by atoms with van der Waals surface area (Å²) < 4.78 is 0. The summed E-state index contributed by atoms with van der Waals surface area (Å²) in [7, 11) is 0. The fourth-order valence-corrected chi connectivity index (χ4v) is 3.48. The highest BCUT2D eigenvalue weighted by atomic mass is 14.3. The summed E-state index contributed by atoms with van der Waals surface area (Å²) in [6.45, 7) is 2.17. The Labute approximate surface area is 126 Å². The highest BCUT2D eigenvalue weighted by Gasteiger charge is 2.25. The summed E-state index contributed by atoms with van der Waals surface area (Å²) >= 11 is 0. The molecular weight excluding hydrogens is 252 g/mol. The van der Waals surface area contributed by atoms with Crippen molar-refractivity contribution in [1.29, 1.82) is 0 Å². The number of benzene rings is 3. The van der Waals surface area contributed by atoms with E-state index in [0.29, 0.717) is 5.92 Å². The molecule has 0 spiro atoms. The van der Waals surface area contributed by atoms with Crippen LogP contribution in [-0.4, -0.2) is 0 Å². The lowest BCUT2D eigenvalue weighted by Gasteiger charge is -2.28. The monoisotopic (exact) mass is 270 g/mol. The van der Waals surface area contributed by atoms with Crippen LogP contribution in [0.25, 0.3) is 11.1 Å². The van der Waals surface area contributed by atoms with Crippen molar-refractivity contribution >= 4 is 0 Å². The average molecular weight is 270 g/mol. The maximum absolute atomic E-state index is 2.33. The van der Waals surface area contributed by atoms with Crippen molar-refractivity contribution in [3.8, 4) is 11.1 Å². The van der Waals surface area contributed by atoms with Gasteiger partial charge in [0.1, 0.15) is 0 Å². The third-order valence-electron chi connectivity index (χ3n) is 4.52. The van der Waals surface area contributed by atoms with Crippen molar-refractivity contribution in [2.45, 2.75) is 19.3 Å². The highest BCUT2D eigenvalue weighted by molar-refractivity contribution is 5.75. The molecule has 1 atom stereocenters. The lowest BCUT2D eigenvalue weighted by atomic mass is 9.75. The zero-order valence-electron chi connectivity index (χ0n) is 12.2. The molecule has 0 aromatic heterocycles. The quantitative estimate of drug-likeness (QED) is 0.559. The van der Waals surface area contributed by atoms with Crippen LogP contribution in [0.5, 0.6) is 0 Å². The Morgan fingerprint density at radius 3 is 2.38 bits per heavy atom. The lowest BCUT2D eigenvalue weighted by molar-refractivity contribution is 0.793. The average Bonchev–Trinajstić information content (AvgIpc) is 2.55. The van der Waals surface area contributed by atoms with Crippen LogP contribution in [0.4, 0.5) is 0 Å². The molecule has 0 saturated carbocycles. The van der Waals surface area contributed by atoms with Gasteiger partial charge in [-0.2, -0.15) is 0 Å². The zero-order chi connectivity index (χ0) is 14.2. The molecule has 0 radical (unpaired) electrons. The van der Waals surface area contributed by atoms with Crippen LogP contribution < -0.4 is 0 Å². The SMILES string of the molecule is Cc1ccc2c(c1)-c1ccccc1C(c1ccccc1)C2. The van der Waals surface area contributed by atoms with Gasteiger partial charge in [0.25, 0.3) is 0 Å². The van der Waals surface area contributed by atoms with E-state index < -0.39 is 0 Å². The minimum atomic E-state index is 0.470. The van der Waals surface area contributed by atoms with Crippen LogP contribution in [0.3, 0.4) is 0 Å². The van der Waals surface area contributed by atoms with Crippen LogP contribution >= 0.6 is 0 Å². The Kier molecular flexibility index (Phi) is 2.89. The first-order valence-electron chi connectivity index (χ1n) is 7.57. The van der Waals surface area contributed by atoms with Gasteiger partial charge < -0.3 is 0 Å². The standard InChI is InChI=1S/C21H18/c1-15-11-12-17-14-21(16-7-3-2-4-8-16)19-10-6-5-9-18(19)20(17)13-15/h2-13,21H,14H2,1H3. The van der Waals surface area contributed by atoms with E-state index in [2.05, 4.69) is 79.7 Å². The molecule has 0 heterocycles. The molecule has 0 nitrogen and oxygen atoms in total. The van der Waals surface area contributed by atoms with Gasteiger partial charge in [-0.15, -0.1) is 0 Å². The van der Waals surface area contributed by atoms with Gasteiger partial charge in [-0.05, 0) is 41.2 Å². The van der Waals surface area contributed by atoms with Gasteiger partial charge in [-0.1, -0.05) is 78.4 Å². The predicted molar refractivity (Wildman–Crippen MR) is 88.6 cm³/mol. The maximum atomic E-state index is 2.33. The van der Waals surface area contributed by atoms with Crippen molar-refractivity contribution in [3.63, 3.8) is 0 Å². The molecule has 102 valence electrons. The normalized spacial score (nSPS) is 16.1. The molecule has 0 fully saturated rings. The van der Waals surface area contributed by atoms with Gasteiger partial charge in [0, 0.05) is 5.92 Å². The predicted octanol–water partition coefficient (Wildman–Crippen LogP) is 5.35. The molecule has 21 heavy (non-hydrogen) atoms. The Hall–Kier alpha value is -2.34. The van der Waals surface area contributed by atoms with E-state index in [1.165, 1.54) is 33.4 Å². The first-order valence-corrected chi connectivity index (χ1v) is 7.57. The summed E-state index contributed by atoms with van der Waals surface area (Å²) in [4.78, 5) is 0. The summed E-state index contributed by atoms with van der Waals surface area (Å²) in [6.07, 6.45) is 1.09. The number of rotatable bonds is 1. The molecule has 1 aliphatic rings. The summed E-state index contributed by atoms with van der Waals surface area (Å²) in [5.41, 5.74) is 8.49. The van der Waals surface area contributed by atoms with Crippen molar-refractivity contribution < 1.29 is 0 Å². The molecule has 0 bridgehead atoms. The Morgan fingerprint density at radius 1 is 0.762 bits per heavy atom. The van der Waals surface area contributed by atoms with Gasteiger partial charge in [0.2, 0.25) is 0 Å². The van der Waals surface area contributed by atoms with Gasteiger partial charge in [0.05, 0.1) is 0 Å². The van der Waals surface area contributed by atoms with Gasteiger partial charge in [-0.3, -0.25) is 0 Å². The highest BCUT2D eigenvalue weighted by Crippen LogP contribution is 2.42. The number of hydrogen-bond donors (Lipinski definition) is 0. The van der Waals surface area contributed by atoms with Crippen LogP contribution in [0, 0.1) is 6.92 Å². The Bertz CT molecular complexity index is 784. The van der Waals surface area contributed by atoms with E-state index in [9.17, 15) is 0 Å². The molecule has 0 heteroatoms. The minimum absolute atomic E-state index is 0.470. The molecular formula is C21H18. The van der Waals surface area contributed by atoms with Crippen LogP contribution in [0.15, 0.2) is 72.8 Å². The Balaban J connectivity index is 1.93. The molecule has 0 N–H and O–H groups in total. The number of hydrogen-bond acceptors (Lipinski definition) is 0. The van der Waals surface area contributed by atoms with Crippen LogP contribution in [0.1, 0.15) is 28.2 Å². The molecule has 0 aliphatic heterocycles. The van der Waals surface area contributed by atoms with E-state index in [1.54, 1.807) is 0 Å². The van der Waals surface area contributed by atoms with Gasteiger partial charge >= 0.3 is 0 Å². The van der Waals surface area contributed by atoms with Gasteiger partial charge in [0.15, 0.2) is 0 Å². The summed E-state index contributed by atoms with van der Waals surface area (Å²) in [5, 5.41) is 0.